The zero-order chi connectivity index (χ0) is 10.3. The van der Waals surface area contributed by atoms with E-state index in [9.17, 15) is 0 Å². The lowest BCUT2D eigenvalue weighted by Gasteiger charge is -2.44. The minimum atomic E-state index is 0.525. The molecule has 0 atom stereocenters. The van der Waals surface area contributed by atoms with Crippen LogP contribution in [0.2, 0.25) is 0 Å². The lowest BCUT2D eigenvalue weighted by Crippen LogP contribution is -2.48. The Labute approximate surface area is 93.2 Å². The van der Waals surface area contributed by atoms with Crippen LogP contribution in [0, 0.1) is 11.3 Å². The Balaban J connectivity index is 1.56. The van der Waals surface area contributed by atoms with E-state index in [4.69, 9.17) is 5.73 Å². The van der Waals surface area contributed by atoms with Crippen LogP contribution in [-0.2, 0) is 0 Å². The maximum atomic E-state index is 5.96. The van der Waals surface area contributed by atoms with Crippen LogP contribution in [0.25, 0.3) is 0 Å². The number of nitrogens with two attached hydrogens (primary N) is 1. The molecule has 0 aromatic carbocycles. The Hall–Kier alpha value is -0.0800. The first-order valence-electron chi connectivity index (χ1n) is 6.75. The quantitative estimate of drug-likeness (QED) is 0.723. The summed E-state index contributed by atoms with van der Waals surface area (Å²) in [6, 6.07) is 0.939. The van der Waals surface area contributed by atoms with Crippen molar-refractivity contribution in [2.45, 2.75) is 51.0 Å². The van der Waals surface area contributed by atoms with E-state index in [-0.39, 0.29) is 0 Å². The van der Waals surface area contributed by atoms with E-state index in [1.165, 1.54) is 58.0 Å². The molecule has 2 N–H and O–H groups in total. The molecule has 0 heterocycles. The molecule has 0 unspecified atom stereocenters. The molecule has 0 spiro atoms. The summed E-state index contributed by atoms with van der Waals surface area (Å²) < 4.78 is 0. The van der Waals surface area contributed by atoms with Crippen LogP contribution in [-0.4, -0.2) is 30.6 Å². The van der Waals surface area contributed by atoms with E-state index in [0.29, 0.717) is 5.41 Å². The smallest absolute Gasteiger partial charge is 0.00967 e. The fraction of sp³-hybridized carbons (Fsp3) is 1.00. The summed E-state index contributed by atoms with van der Waals surface area (Å²) >= 11 is 0. The summed E-state index contributed by atoms with van der Waals surface area (Å²) in [5.41, 5.74) is 6.48. The summed E-state index contributed by atoms with van der Waals surface area (Å²) in [4.78, 5) is 2.78. The first kappa shape index (κ1) is 10.1. The van der Waals surface area contributed by atoms with Crippen LogP contribution in [0.15, 0.2) is 0 Å². The van der Waals surface area contributed by atoms with Crippen molar-refractivity contribution in [3.05, 3.63) is 0 Å². The van der Waals surface area contributed by atoms with Gasteiger partial charge in [0.25, 0.3) is 0 Å². The van der Waals surface area contributed by atoms with Gasteiger partial charge in [0.15, 0.2) is 0 Å². The second kappa shape index (κ2) is 3.74. The maximum Gasteiger partial charge on any atom is 0.00967 e. The van der Waals surface area contributed by atoms with Crippen molar-refractivity contribution in [1.82, 2.24) is 4.90 Å². The standard InChI is InChI=1S/C13H24N2/c14-9-13(6-1-7-13)10-15(12-4-5-12)8-11-2-3-11/h11-12H,1-10,14H2. The zero-order valence-electron chi connectivity index (χ0n) is 9.75. The number of hydrogen-bond acceptors (Lipinski definition) is 2. The summed E-state index contributed by atoms with van der Waals surface area (Å²) in [5.74, 6) is 1.04. The summed E-state index contributed by atoms with van der Waals surface area (Å²) in [7, 11) is 0. The molecule has 3 fully saturated rings. The van der Waals surface area contributed by atoms with E-state index in [1.807, 2.05) is 0 Å². The molecule has 0 saturated heterocycles. The minimum Gasteiger partial charge on any atom is -0.330 e. The van der Waals surface area contributed by atoms with Crippen molar-refractivity contribution >= 4 is 0 Å². The molecule has 3 aliphatic rings. The minimum absolute atomic E-state index is 0.525. The first-order valence-corrected chi connectivity index (χ1v) is 6.75. The van der Waals surface area contributed by atoms with Crippen molar-refractivity contribution in [2.24, 2.45) is 17.1 Å². The van der Waals surface area contributed by atoms with Crippen molar-refractivity contribution in [3.63, 3.8) is 0 Å². The third-order valence-electron chi connectivity index (χ3n) is 4.64. The van der Waals surface area contributed by atoms with Gasteiger partial charge in [-0.2, -0.15) is 0 Å². The van der Waals surface area contributed by atoms with Crippen LogP contribution in [0.4, 0.5) is 0 Å². The normalized spacial score (nSPS) is 29.2. The number of nitrogens with zero attached hydrogens (tertiary/aromatic N) is 1. The molecular formula is C13H24N2. The topological polar surface area (TPSA) is 29.3 Å². The third kappa shape index (κ3) is 2.21. The molecule has 86 valence electrons. The van der Waals surface area contributed by atoms with Crippen LogP contribution in [0.5, 0.6) is 0 Å². The summed E-state index contributed by atoms with van der Waals surface area (Å²) in [5, 5.41) is 0. The molecule has 3 aliphatic carbocycles. The van der Waals surface area contributed by atoms with Gasteiger partial charge < -0.3 is 5.73 Å². The Morgan fingerprint density at radius 2 is 1.87 bits per heavy atom. The fourth-order valence-corrected chi connectivity index (χ4v) is 2.95. The maximum absolute atomic E-state index is 5.96. The third-order valence-corrected chi connectivity index (χ3v) is 4.64. The van der Waals surface area contributed by atoms with Crippen LogP contribution in [0.3, 0.4) is 0 Å². The first-order chi connectivity index (χ1) is 7.31. The molecule has 15 heavy (non-hydrogen) atoms. The highest BCUT2D eigenvalue weighted by Gasteiger charge is 2.42. The van der Waals surface area contributed by atoms with Crippen molar-refractivity contribution in [2.75, 3.05) is 19.6 Å². The molecule has 0 bridgehead atoms. The van der Waals surface area contributed by atoms with Gasteiger partial charge >= 0.3 is 0 Å². The molecule has 2 nitrogen and oxygen atoms in total. The van der Waals surface area contributed by atoms with E-state index < -0.39 is 0 Å². The molecule has 0 aliphatic heterocycles. The Kier molecular flexibility index (Phi) is 2.52. The van der Waals surface area contributed by atoms with E-state index in [0.717, 1.165) is 18.5 Å². The SMILES string of the molecule is NCC1(CN(CC2CC2)C2CC2)CCC1. The second-order valence-corrected chi connectivity index (χ2v) is 6.16. The molecular weight excluding hydrogens is 184 g/mol. The number of hydrogen-bond donors (Lipinski definition) is 1. The molecule has 0 aromatic heterocycles. The van der Waals surface area contributed by atoms with Crippen molar-refractivity contribution in [1.29, 1.82) is 0 Å². The fourth-order valence-electron chi connectivity index (χ4n) is 2.95. The van der Waals surface area contributed by atoms with Crippen LogP contribution < -0.4 is 5.73 Å². The Morgan fingerprint density at radius 3 is 2.27 bits per heavy atom. The van der Waals surface area contributed by atoms with Crippen molar-refractivity contribution in [3.8, 4) is 0 Å². The Morgan fingerprint density at radius 1 is 1.13 bits per heavy atom. The second-order valence-electron chi connectivity index (χ2n) is 6.16. The molecule has 0 aromatic rings. The van der Waals surface area contributed by atoms with Crippen LogP contribution >= 0.6 is 0 Å². The number of rotatable bonds is 6. The van der Waals surface area contributed by atoms with E-state index in [1.54, 1.807) is 0 Å². The highest BCUT2D eigenvalue weighted by atomic mass is 15.2. The summed E-state index contributed by atoms with van der Waals surface area (Å²) in [6.07, 6.45) is 10.1. The molecule has 0 amide bonds. The lowest BCUT2D eigenvalue weighted by molar-refractivity contribution is 0.0679. The molecule has 3 saturated carbocycles. The molecule has 2 heteroatoms. The van der Waals surface area contributed by atoms with Gasteiger partial charge in [0.2, 0.25) is 0 Å². The predicted molar refractivity (Wildman–Crippen MR) is 62.7 cm³/mol. The largest absolute Gasteiger partial charge is 0.330 e. The van der Waals surface area contributed by atoms with Gasteiger partial charge in [0.05, 0.1) is 0 Å². The van der Waals surface area contributed by atoms with E-state index >= 15 is 0 Å². The average Bonchev–Trinajstić information content (AvgIpc) is 2.99. The van der Waals surface area contributed by atoms with E-state index in [2.05, 4.69) is 4.90 Å². The van der Waals surface area contributed by atoms with Crippen molar-refractivity contribution < 1.29 is 0 Å². The molecule has 0 radical (unpaired) electrons. The van der Waals surface area contributed by atoms with Crippen LogP contribution in [0.1, 0.15) is 44.9 Å². The lowest BCUT2D eigenvalue weighted by atomic mass is 9.68. The highest BCUT2D eigenvalue weighted by molar-refractivity contribution is 4.96. The predicted octanol–water partition coefficient (Wildman–Crippen LogP) is 1.99. The molecule has 3 rings (SSSR count). The van der Waals surface area contributed by atoms with Gasteiger partial charge in [-0.15, -0.1) is 0 Å². The van der Waals surface area contributed by atoms with Gasteiger partial charge in [-0.05, 0) is 56.4 Å². The Bertz CT molecular complexity index is 221. The van der Waals surface area contributed by atoms with Gasteiger partial charge in [-0.3, -0.25) is 4.90 Å². The van der Waals surface area contributed by atoms with Gasteiger partial charge in [-0.25, -0.2) is 0 Å². The highest BCUT2D eigenvalue weighted by Crippen LogP contribution is 2.43. The zero-order valence-corrected chi connectivity index (χ0v) is 9.75. The summed E-state index contributed by atoms with van der Waals surface area (Å²) in [6.45, 7) is 3.61. The monoisotopic (exact) mass is 208 g/mol. The van der Waals surface area contributed by atoms with Gasteiger partial charge in [-0.1, -0.05) is 6.42 Å². The van der Waals surface area contributed by atoms with Gasteiger partial charge in [0, 0.05) is 19.1 Å². The average molecular weight is 208 g/mol. The van der Waals surface area contributed by atoms with Gasteiger partial charge in [0.1, 0.15) is 0 Å².